The van der Waals surface area contributed by atoms with Crippen molar-refractivity contribution in [1.29, 1.82) is 0 Å². The molecule has 25 heteroatoms. The smallest absolute Gasteiger partial charge is 0.297 e. The Hall–Kier alpha value is -7.55. The number of anilines is 5. The van der Waals surface area contributed by atoms with Gasteiger partial charge in [0.2, 0.25) is 11.8 Å². The summed E-state index contributed by atoms with van der Waals surface area (Å²) in [6, 6.07) is 21.4. The Labute approximate surface area is 528 Å². The normalized spacial score (nSPS) is 25.4. The number of nitrogens with one attached hydrogen (secondary N) is 3. The number of hydrogen-bond donors (Lipinski definition) is 3. The fourth-order valence-corrected chi connectivity index (χ4v) is 16.8. The molecule has 23 nitrogen and oxygen atoms in total. The molecule has 3 aromatic carbocycles. The topological polar surface area (TPSA) is 241 Å². The highest BCUT2D eigenvalue weighted by molar-refractivity contribution is 7.90. The van der Waals surface area contributed by atoms with Crippen LogP contribution in [0.15, 0.2) is 83.9 Å². The van der Waals surface area contributed by atoms with Crippen molar-refractivity contribution in [3.8, 4) is 23.3 Å². The van der Waals surface area contributed by atoms with Gasteiger partial charge in [-0.05, 0) is 120 Å². The number of piperazine rings is 1. The molecule has 482 valence electrons. The zero-order valence-electron chi connectivity index (χ0n) is 51.5. The van der Waals surface area contributed by atoms with E-state index in [0.717, 1.165) is 112 Å². The molecule has 11 heterocycles. The van der Waals surface area contributed by atoms with Crippen LogP contribution in [0.3, 0.4) is 0 Å². The van der Waals surface area contributed by atoms with Gasteiger partial charge in [0.1, 0.15) is 29.8 Å². The summed E-state index contributed by atoms with van der Waals surface area (Å²) in [6.45, 7) is 14.1. The highest BCUT2D eigenvalue weighted by Gasteiger charge is 2.51. The number of H-pyrrole nitrogens is 1. The zero-order valence-corrected chi connectivity index (χ0v) is 52.3. The first-order chi connectivity index (χ1) is 44.1. The summed E-state index contributed by atoms with van der Waals surface area (Å²) in [7, 11) is -4.74. The molecule has 91 heavy (non-hydrogen) atoms. The molecule has 5 saturated heterocycles. The number of nitro groups is 1. The minimum Gasteiger partial charge on any atom is -0.491 e. The third-order valence-electron chi connectivity index (χ3n) is 20.6. The number of sulfonamides is 1. The van der Waals surface area contributed by atoms with Gasteiger partial charge >= 0.3 is 0 Å². The number of hydrogen-bond acceptors (Lipinski definition) is 20. The largest absolute Gasteiger partial charge is 0.491 e. The fourth-order valence-electron chi connectivity index (χ4n) is 15.8. The number of fused-ring (bicyclic) bond motifs is 5. The van der Waals surface area contributed by atoms with Crippen LogP contribution in [0.2, 0.25) is 0 Å². The molecule has 1 spiro atoms. The van der Waals surface area contributed by atoms with Crippen LogP contribution in [0.1, 0.15) is 106 Å². The highest BCUT2D eigenvalue weighted by Crippen LogP contribution is 2.55. The Bertz CT molecular complexity index is 3870. The zero-order chi connectivity index (χ0) is 62.3. The van der Waals surface area contributed by atoms with Gasteiger partial charge in [-0.1, -0.05) is 18.2 Å². The summed E-state index contributed by atoms with van der Waals surface area (Å²) < 4.78 is 90.2. The molecular formula is C66H78FN11O12S. The van der Waals surface area contributed by atoms with Crippen molar-refractivity contribution >= 4 is 61.2 Å². The van der Waals surface area contributed by atoms with Gasteiger partial charge < -0.3 is 58.2 Å². The molecule has 3 aromatic heterocycles. The molecule has 1 aliphatic carbocycles. The summed E-state index contributed by atoms with van der Waals surface area (Å²) in [5.74, 6) is 0.948. The van der Waals surface area contributed by atoms with Crippen LogP contribution >= 0.6 is 0 Å². The second-order valence-corrected chi connectivity index (χ2v) is 28.0. The lowest BCUT2D eigenvalue weighted by molar-refractivity contribution is -0.384. The molecule has 1 amide bonds. The predicted molar refractivity (Wildman–Crippen MR) is 337 cm³/mol. The van der Waals surface area contributed by atoms with Crippen molar-refractivity contribution in [2.45, 2.75) is 125 Å². The predicted octanol–water partition coefficient (Wildman–Crippen LogP) is 9.06. The number of piperidine rings is 1. The van der Waals surface area contributed by atoms with Gasteiger partial charge in [-0.2, -0.15) is 9.97 Å². The minimum atomic E-state index is -4.74. The standard InChI is InChI=1S/C66H78FN11O12S/c1-39(2)89-57-7-5-4-6-46(57)56-35-74(51-14-26-87-64-48(51)32-49(67)62(71-64)75-22-27-86-36-40(75)3)20-21-76(56)44-33-66(34-44)15-18-73(19-16-66)43-8-9-47(53(29-43)77-52-13-25-85-38-59(52)90-65-55(77)28-42-10-17-68-61(42)70-65)63(79)72-91(82,83)45-30-54(78(80)81)60-58(31-45)88-37-50(69-60)41-11-23-84-24-12-41/h4-10,17,28-32,39-41,44,50-52,56,59,69H,11-16,18-27,33-38H2,1-3H3,(H,68,70)(H,72,79)/t40-,50-,51-,52-,56-,59-/m0/s1. The first-order valence-corrected chi connectivity index (χ1v) is 33.8. The second kappa shape index (κ2) is 24.2. The molecule has 6 aromatic rings. The van der Waals surface area contributed by atoms with Crippen LogP contribution in [-0.4, -0.2) is 172 Å². The lowest BCUT2D eigenvalue weighted by Gasteiger charge is -2.58. The van der Waals surface area contributed by atoms with Crippen molar-refractivity contribution in [3.05, 3.63) is 112 Å². The number of ether oxygens (including phenoxy) is 7. The van der Waals surface area contributed by atoms with Gasteiger partial charge in [0, 0.05) is 118 Å². The van der Waals surface area contributed by atoms with Gasteiger partial charge in [-0.25, -0.2) is 17.5 Å². The second-order valence-electron chi connectivity index (χ2n) is 26.4. The van der Waals surface area contributed by atoms with E-state index in [1.165, 1.54) is 6.07 Å². The minimum absolute atomic E-state index is 0.00760. The average molecular weight is 1270 g/mol. The highest BCUT2D eigenvalue weighted by atomic mass is 32.2. The maximum atomic E-state index is 16.3. The van der Waals surface area contributed by atoms with Gasteiger partial charge in [0.15, 0.2) is 23.1 Å². The number of carbonyl (C=O) groups is 1. The van der Waals surface area contributed by atoms with Crippen LogP contribution in [-0.2, 0) is 24.2 Å². The Morgan fingerprint density at radius 2 is 1.65 bits per heavy atom. The molecule has 8 aliphatic heterocycles. The van der Waals surface area contributed by atoms with E-state index in [9.17, 15) is 18.5 Å². The van der Waals surface area contributed by atoms with E-state index >= 15 is 9.18 Å². The molecule has 6 atom stereocenters. The molecule has 0 radical (unpaired) electrons. The first kappa shape index (κ1) is 59.7. The summed E-state index contributed by atoms with van der Waals surface area (Å²) in [5, 5.41) is 16.8. The molecular weight excluding hydrogens is 1190 g/mol. The Morgan fingerprint density at radius 1 is 0.835 bits per heavy atom. The van der Waals surface area contributed by atoms with Crippen LogP contribution in [0.4, 0.5) is 38.6 Å². The van der Waals surface area contributed by atoms with Crippen LogP contribution in [0.5, 0.6) is 23.3 Å². The lowest BCUT2D eigenvalue weighted by atomic mass is 9.59. The number of aromatic nitrogens is 3. The first-order valence-electron chi connectivity index (χ1n) is 32.3. The van der Waals surface area contributed by atoms with Crippen LogP contribution < -0.4 is 43.7 Å². The van der Waals surface area contributed by atoms with Crippen LogP contribution in [0.25, 0.3) is 11.0 Å². The third-order valence-corrected chi connectivity index (χ3v) is 21.9. The molecule has 0 bridgehead atoms. The van der Waals surface area contributed by atoms with Crippen molar-refractivity contribution in [1.82, 2.24) is 29.5 Å². The molecule has 1 saturated carbocycles. The number of carbonyl (C=O) groups excluding carboxylic acids is 1. The number of para-hydroxylation sites is 1. The average Bonchev–Trinajstić information content (AvgIpc) is 1.23. The number of benzene rings is 3. The number of morpholine rings is 1. The molecule has 15 rings (SSSR count). The molecule has 3 N–H and O–H groups in total. The van der Waals surface area contributed by atoms with Crippen LogP contribution in [0, 0.1) is 27.3 Å². The lowest BCUT2D eigenvalue weighted by Crippen LogP contribution is -2.60. The SMILES string of the molecule is CC(C)Oc1ccccc1[C@@H]1CN([C@H]2CCOc3nc(N4CCOC[C@@H]4C)c(F)cc32)CCN1C1CC2(CCN(c3ccc(C(=O)NS(=O)(=O)c4cc5c(c([N+](=O)[O-])c4)N[C@H](C4CCOCC4)CO5)c(N4c5cc6cc[nH]c6nc5O[C@H]5COCC[C@@H]54)c3)CC2)C1. The fraction of sp³-hybridized carbons (Fsp3) is 0.530. The van der Waals surface area contributed by atoms with E-state index in [-0.39, 0.29) is 83.7 Å². The summed E-state index contributed by atoms with van der Waals surface area (Å²) >= 11 is 0. The summed E-state index contributed by atoms with van der Waals surface area (Å²) in [6.07, 6.45) is 8.04. The van der Waals surface area contributed by atoms with E-state index in [1.54, 1.807) is 18.3 Å². The molecule has 6 fully saturated rings. The van der Waals surface area contributed by atoms with Gasteiger partial charge in [0.05, 0.1) is 77.8 Å². The van der Waals surface area contributed by atoms with Gasteiger partial charge in [-0.15, -0.1) is 0 Å². The van der Waals surface area contributed by atoms with Gasteiger partial charge in [-0.3, -0.25) is 24.7 Å². The quantitative estimate of drug-likeness (QED) is 0.0721. The number of amides is 1. The molecule has 9 aliphatic rings. The van der Waals surface area contributed by atoms with Crippen molar-refractivity contribution in [2.75, 3.05) is 112 Å². The van der Waals surface area contributed by atoms with E-state index < -0.39 is 37.5 Å². The summed E-state index contributed by atoms with van der Waals surface area (Å²) in [4.78, 5) is 51.1. The van der Waals surface area contributed by atoms with E-state index in [0.29, 0.717) is 93.2 Å². The number of aromatic amines is 1. The van der Waals surface area contributed by atoms with Crippen molar-refractivity contribution < 1.29 is 55.7 Å². The number of nitrogens with zero attached hydrogens (tertiary/aromatic N) is 8. The van der Waals surface area contributed by atoms with Gasteiger partial charge in [0.25, 0.3) is 21.6 Å². The van der Waals surface area contributed by atoms with E-state index in [4.69, 9.17) is 43.1 Å². The third kappa shape index (κ3) is 11.3. The number of nitro benzene ring substituents is 1. The molecule has 0 unspecified atom stereocenters. The monoisotopic (exact) mass is 1270 g/mol. The van der Waals surface area contributed by atoms with E-state index in [2.05, 4.69) is 66.7 Å². The maximum absolute atomic E-state index is 16.3. The van der Waals surface area contributed by atoms with E-state index in [1.807, 2.05) is 42.2 Å². The maximum Gasteiger partial charge on any atom is 0.297 e. The number of halogens is 1. The number of pyridine rings is 2. The number of rotatable bonds is 13. The Morgan fingerprint density at radius 3 is 2.46 bits per heavy atom. The van der Waals surface area contributed by atoms with Crippen molar-refractivity contribution in [3.63, 3.8) is 0 Å². The Kier molecular flexibility index (Phi) is 15.9. The Balaban J connectivity index is 0.695. The van der Waals surface area contributed by atoms with Crippen molar-refractivity contribution in [2.24, 2.45) is 11.3 Å². The summed E-state index contributed by atoms with van der Waals surface area (Å²) in [5.41, 5.74) is 4.31.